The molecule has 21 heavy (non-hydrogen) atoms. The van der Waals surface area contributed by atoms with Gasteiger partial charge in [0.05, 0.1) is 10.3 Å². The summed E-state index contributed by atoms with van der Waals surface area (Å²) in [4.78, 5) is 25.3. The van der Waals surface area contributed by atoms with Crippen molar-refractivity contribution in [3.63, 3.8) is 0 Å². The first-order chi connectivity index (χ1) is 9.98. The number of hydrogen-bond acceptors (Lipinski definition) is 6. The molecule has 0 amide bonds. The number of nitro groups is 1. The van der Waals surface area contributed by atoms with Crippen LogP contribution in [0.5, 0.6) is 0 Å². The maximum Gasteiger partial charge on any atom is 0.311 e. The fourth-order valence-electron chi connectivity index (χ4n) is 2.56. The molecule has 2 rings (SSSR count). The van der Waals surface area contributed by atoms with E-state index in [1.165, 1.54) is 12.1 Å². The van der Waals surface area contributed by atoms with Gasteiger partial charge >= 0.3 is 11.7 Å². The summed E-state index contributed by atoms with van der Waals surface area (Å²) >= 11 is 0. The monoisotopic (exact) mass is 290 g/mol. The third-order valence-electron chi connectivity index (χ3n) is 3.80. The molecule has 8 nitrogen and oxygen atoms in total. The molecule has 110 valence electrons. The molecule has 1 aromatic rings. The number of pyridine rings is 1. The number of anilines is 1. The minimum absolute atomic E-state index is 0.192. The zero-order valence-corrected chi connectivity index (χ0v) is 11.2. The van der Waals surface area contributed by atoms with Crippen LogP contribution in [-0.4, -0.2) is 27.5 Å². The van der Waals surface area contributed by atoms with Crippen molar-refractivity contribution in [3.8, 4) is 6.07 Å². The predicted octanol–water partition coefficient (Wildman–Crippen LogP) is 1.92. The molecular weight excluding hydrogens is 276 g/mol. The lowest BCUT2D eigenvalue weighted by atomic mass is 9.86. The Bertz CT molecular complexity index is 617. The molecule has 2 N–H and O–H groups in total. The predicted molar refractivity (Wildman–Crippen MR) is 72.6 cm³/mol. The molecule has 1 saturated carbocycles. The van der Waals surface area contributed by atoms with Gasteiger partial charge in [0.15, 0.2) is 0 Å². The number of carboxylic acids is 1. The first-order valence-corrected chi connectivity index (χ1v) is 6.51. The number of hydrogen-bond donors (Lipinski definition) is 2. The largest absolute Gasteiger partial charge is 0.481 e. The molecule has 1 aliphatic carbocycles. The van der Waals surface area contributed by atoms with Gasteiger partial charge in [-0.25, -0.2) is 4.98 Å². The topological polar surface area (TPSA) is 129 Å². The number of nitriles is 1. The van der Waals surface area contributed by atoms with Crippen LogP contribution in [0.2, 0.25) is 0 Å². The van der Waals surface area contributed by atoms with Crippen molar-refractivity contribution in [2.24, 2.45) is 5.41 Å². The van der Waals surface area contributed by atoms with Crippen molar-refractivity contribution in [2.45, 2.75) is 25.7 Å². The second-order valence-corrected chi connectivity index (χ2v) is 5.08. The maximum atomic E-state index is 11.4. The Labute approximate surface area is 120 Å². The molecule has 0 atom stereocenters. The number of nitrogens with zero attached hydrogens (tertiary/aromatic N) is 3. The first-order valence-electron chi connectivity index (χ1n) is 6.51. The summed E-state index contributed by atoms with van der Waals surface area (Å²) in [6.07, 6.45) is 2.91. The van der Waals surface area contributed by atoms with E-state index in [1.54, 1.807) is 6.07 Å². The Kier molecular flexibility index (Phi) is 4.03. The maximum absolute atomic E-state index is 11.4. The van der Waals surface area contributed by atoms with E-state index in [0.29, 0.717) is 12.8 Å². The molecule has 8 heteroatoms. The van der Waals surface area contributed by atoms with Gasteiger partial charge in [-0.2, -0.15) is 5.26 Å². The normalized spacial score (nSPS) is 16.1. The third kappa shape index (κ3) is 2.91. The highest BCUT2D eigenvalue weighted by Gasteiger charge is 2.41. The van der Waals surface area contributed by atoms with Crippen LogP contribution in [0.3, 0.4) is 0 Å². The molecule has 0 unspecified atom stereocenters. The minimum Gasteiger partial charge on any atom is -0.481 e. The third-order valence-corrected chi connectivity index (χ3v) is 3.80. The van der Waals surface area contributed by atoms with Crippen molar-refractivity contribution in [2.75, 3.05) is 11.9 Å². The average Bonchev–Trinajstić information content (AvgIpc) is 2.94. The van der Waals surface area contributed by atoms with Crippen molar-refractivity contribution in [3.05, 3.63) is 27.9 Å². The molecule has 0 saturated heterocycles. The SMILES string of the molecule is N#Cc1nc(NCC2(C(=O)O)CCCC2)ccc1[N+](=O)[O-]. The zero-order chi connectivity index (χ0) is 15.5. The first kappa shape index (κ1) is 14.7. The van der Waals surface area contributed by atoms with Crippen LogP contribution >= 0.6 is 0 Å². The number of nitrogens with one attached hydrogen (secondary N) is 1. The molecule has 1 aliphatic rings. The quantitative estimate of drug-likeness (QED) is 0.625. The molecule has 1 heterocycles. The number of carboxylic acid groups (broad SMARTS) is 1. The van der Waals surface area contributed by atoms with Crippen molar-refractivity contribution < 1.29 is 14.8 Å². The summed E-state index contributed by atoms with van der Waals surface area (Å²) in [5.41, 5.74) is -1.48. The lowest BCUT2D eigenvalue weighted by Crippen LogP contribution is -2.35. The van der Waals surface area contributed by atoms with Gasteiger partial charge in [-0.05, 0) is 18.9 Å². The lowest BCUT2D eigenvalue weighted by Gasteiger charge is -2.24. The van der Waals surface area contributed by atoms with Gasteiger partial charge in [0.2, 0.25) is 5.69 Å². The highest BCUT2D eigenvalue weighted by atomic mass is 16.6. The zero-order valence-electron chi connectivity index (χ0n) is 11.2. The second-order valence-electron chi connectivity index (χ2n) is 5.08. The van der Waals surface area contributed by atoms with E-state index in [4.69, 9.17) is 5.26 Å². The fraction of sp³-hybridized carbons (Fsp3) is 0.462. The van der Waals surface area contributed by atoms with E-state index < -0.39 is 16.3 Å². The van der Waals surface area contributed by atoms with E-state index in [-0.39, 0.29) is 23.7 Å². The van der Waals surface area contributed by atoms with Gasteiger partial charge in [0, 0.05) is 12.6 Å². The van der Waals surface area contributed by atoms with Crippen LogP contribution in [0.15, 0.2) is 12.1 Å². The van der Waals surface area contributed by atoms with E-state index in [9.17, 15) is 20.0 Å². The number of aromatic nitrogens is 1. The highest BCUT2D eigenvalue weighted by Crippen LogP contribution is 2.38. The summed E-state index contributed by atoms with van der Waals surface area (Å²) in [5.74, 6) is -0.584. The van der Waals surface area contributed by atoms with E-state index >= 15 is 0 Å². The Balaban J connectivity index is 2.15. The Hall–Kier alpha value is -2.69. The Morgan fingerprint density at radius 3 is 2.71 bits per heavy atom. The van der Waals surface area contributed by atoms with Gasteiger partial charge in [0.25, 0.3) is 0 Å². The van der Waals surface area contributed by atoms with E-state index in [2.05, 4.69) is 10.3 Å². The standard InChI is InChI=1S/C13H14N4O4/c14-7-9-10(17(20)21)3-4-11(16-9)15-8-13(12(18)19)5-1-2-6-13/h3-4H,1-2,5-6,8H2,(H,15,16)(H,18,19). The van der Waals surface area contributed by atoms with Crippen LogP contribution in [0.1, 0.15) is 31.4 Å². The summed E-state index contributed by atoms with van der Waals surface area (Å²) < 4.78 is 0. The number of aliphatic carboxylic acids is 1. The Morgan fingerprint density at radius 1 is 1.52 bits per heavy atom. The van der Waals surface area contributed by atoms with Crippen LogP contribution < -0.4 is 5.32 Å². The van der Waals surface area contributed by atoms with Crippen LogP contribution in [0, 0.1) is 26.9 Å². The van der Waals surface area contributed by atoms with E-state index in [1.807, 2.05) is 0 Å². The molecule has 0 radical (unpaired) electrons. The molecule has 0 spiro atoms. The molecule has 0 bridgehead atoms. The number of carbonyl (C=O) groups is 1. The molecular formula is C13H14N4O4. The van der Waals surface area contributed by atoms with Crippen LogP contribution in [0.4, 0.5) is 11.5 Å². The molecule has 1 fully saturated rings. The second kappa shape index (κ2) is 5.75. The summed E-state index contributed by atoms with van der Waals surface area (Å²) in [6.45, 7) is 0.192. The fourth-order valence-corrected chi connectivity index (χ4v) is 2.56. The highest BCUT2D eigenvalue weighted by molar-refractivity contribution is 5.76. The summed E-state index contributed by atoms with van der Waals surface area (Å²) in [5, 5.41) is 31.8. The molecule has 1 aromatic heterocycles. The van der Waals surface area contributed by atoms with Crippen molar-refractivity contribution in [1.82, 2.24) is 4.98 Å². The van der Waals surface area contributed by atoms with Crippen molar-refractivity contribution >= 4 is 17.5 Å². The molecule has 0 aliphatic heterocycles. The van der Waals surface area contributed by atoms with Crippen LogP contribution in [0.25, 0.3) is 0 Å². The van der Waals surface area contributed by atoms with Crippen LogP contribution in [-0.2, 0) is 4.79 Å². The smallest absolute Gasteiger partial charge is 0.311 e. The van der Waals surface area contributed by atoms with Crippen molar-refractivity contribution in [1.29, 1.82) is 5.26 Å². The molecule has 0 aromatic carbocycles. The minimum atomic E-state index is -0.852. The van der Waals surface area contributed by atoms with Gasteiger partial charge in [-0.1, -0.05) is 12.8 Å². The van der Waals surface area contributed by atoms with E-state index in [0.717, 1.165) is 12.8 Å². The number of rotatable bonds is 5. The van der Waals surface area contributed by atoms with Gasteiger partial charge in [-0.15, -0.1) is 0 Å². The van der Waals surface area contributed by atoms with Gasteiger partial charge < -0.3 is 10.4 Å². The summed E-state index contributed by atoms with van der Waals surface area (Å²) in [6, 6.07) is 4.24. The Morgan fingerprint density at radius 2 is 2.19 bits per heavy atom. The summed E-state index contributed by atoms with van der Waals surface area (Å²) in [7, 11) is 0. The lowest BCUT2D eigenvalue weighted by molar-refractivity contribution is -0.385. The van der Waals surface area contributed by atoms with Gasteiger partial charge in [-0.3, -0.25) is 14.9 Å². The van der Waals surface area contributed by atoms with Gasteiger partial charge in [0.1, 0.15) is 11.9 Å². The average molecular weight is 290 g/mol.